The third kappa shape index (κ3) is 4.48. The van der Waals surface area contributed by atoms with E-state index in [1.165, 1.54) is 19.8 Å². The molecule has 0 radical (unpaired) electrons. The van der Waals surface area contributed by atoms with E-state index in [2.05, 4.69) is 17.6 Å². The van der Waals surface area contributed by atoms with Crippen LogP contribution in [0.5, 0.6) is 0 Å². The number of carbonyl (C=O) groups is 2. The Morgan fingerprint density at radius 1 is 1.32 bits per heavy atom. The molecule has 0 spiro atoms. The summed E-state index contributed by atoms with van der Waals surface area (Å²) in [6, 6.07) is 7.70. The van der Waals surface area contributed by atoms with E-state index >= 15 is 0 Å². The Morgan fingerprint density at radius 3 is 2.73 bits per heavy atom. The Balaban J connectivity index is 1.92. The summed E-state index contributed by atoms with van der Waals surface area (Å²) in [4.78, 5) is 25.0. The van der Waals surface area contributed by atoms with Crippen molar-refractivity contribution in [3.05, 3.63) is 29.8 Å². The number of amides is 3. The standard InChI is InChI=1S/C17H25N3O2/c1-12-6-4-9-16(12)19-17(22)18-15-8-5-7-14(10-15)11-20(3)13(2)21/h5,7-8,10,12,16H,4,6,9,11H2,1-3H3,(H2,18,19,22)/t12-,16+/m0/s1. The Bertz CT molecular complexity index is 544. The highest BCUT2D eigenvalue weighted by atomic mass is 16.2. The van der Waals surface area contributed by atoms with Gasteiger partial charge >= 0.3 is 6.03 Å². The first-order valence-electron chi connectivity index (χ1n) is 7.84. The minimum Gasteiger partial charge on any atom is -0.342 e. The number of hydrogen-bond acceptors (Lipinski definition) is 2. The molecular weight excluding hydrogens is 278 g/mol. The molecule has 1 aromatic rings. The maximum absolute atomic E-state index is 12.1. The molecule has 1 fully saturated rings. The van der Waals surface area contributed by atoms with E-state index in [1.54, 1.807) is 11.9 Å². The van der Waals surface area contributed by atoms with Gasteiger partial charge in [-0.2, -0.15) is 0 Å². The fourth-order valence-electron chi connectivity index (χ4n) is 2.83. The molecule has 3 amide bonds. The number of anilines is 1. The fourth-order valence-corrected chi connectivity index (χ4v) is 2.83. The highest BCUT2D eigenvalue weighted by Gasteiger charge is 2.24. The first-order valence-corrected chi connectivity index (χ1v) is 7.84. The summed E-state index contributed by atoms with van der Waals surface area (Å²) in [6.45, 7) is 4.25. The molecule has 0 aliphatic heterocycles. The number of urea groups is 1. The number of rotatable bonds is 4. The van der Waals surface area contributed by atoms with Crippen molar-refractivity contribution in [2.45, 2.75) is 45.7 Å². The van der Waals surface area contributed by atoms with Crippen molar-refractivity contribution < 1.29 is 9.59 Å². The molecule has 1 aromatic carbocycles. The smallest absolute Gasteiger partial charge is 0.319 e. The van der Waals surface area contributed by atoms with Gasteiger partial charge in [0, 0.05) is 32.2 Å². The zero-order valence-corrected chi connectivity index (χ0v) is 13.6. The zero-order chi connectivity index (χ0) is 16.1. The van der Waals surface area contributed by atoms with Crippen LogP contribution >= 0.6 is 0 Å². The van der Waals surface area contributed by atoms with Crippen LogP contribution in [0.15, 0.2) is 24.3 Å². The molecular formula is C17H25N3O2. The topological polar surface area (TPSA) is 61.4 Å². The van der Waals surface area contributed by atoms with Crippen molar-refractivity contribution in [2.24, 2.45) is 5.92 Å². The number of carbonyl (C=O) groups excluding carboxylic acids is 2. The SMILES string of the molecule is CC(=O)N(C)Cc1cccc(NC(=O)N[C@@H]2CCC[C@@H]2C)c1. The fraction of sp³-hybridized carbons (Fsp3) is 0.529. The van der Waals surface area contributed by atoms with Gasteiger partial charge in [-0.1, -0.05) is 25.5 Å². The van der Waals surface area contributed by atoms with E-state index in [4.69, 9.17) is 0 Å². The Kier molecular flexibility index (Phi) is 5.41. The monoisotopic (exact) mass is 303 g/mol. The van der Waals surface area contributed by atoms with Crippen molar-refractivity contribution in [2.75, 3.05) is 12.4 Å². The van der Waals surface area contributed by atoms with Crippen molar-refractivity contribution in [1.29, 1.82) is 0 Å². The second-order valence-corrected chi connectivity index (χ2v) is 6.19. The lowest BCUT2D eigenvalue weighted by atomic mass is 10.1. The molecule has 2 atom stereocenters. The predicted molar refractivity (Wildman–Crippen MR) is 87.5 cm³/mol. The Labute approximate surface area is 132 Å². The van der Waals surface area contributed by atoms with E-state index in [-0.39, 0.29) is 18.0 Å². The summed E-state index contributed by atoms with van der Waals surface area (Å²) in [5.41, 5.74) is 1.74. The molecule has 0 aromatic heterocycles. The van der Waals surface area contributed by atoms with Crippen molar-refractivity contribution >= 4 is 17.6 Å². The second-order valence-electron chi connectivity index (χ2n) is 6.19. The van der Waals surface area contributed by atoms with Gasteiger partial charge in [0.05, 0.1) is 0 Å². The highest BCUT2D eigenvalue weighted by Crippen LogP contribution is 2.24. The number of nitrogens with zero attached hydrogens (tertiary/aromatic N) is 1. The molecule has 5 nitrogen and oxygen atoms in total. The lowest BCUT2D eigenvalue weighted by molar-refractivity contribution is -0.128. The maximum atomic E-state index is 12.1. The summed E-state index contributed by atoms with van der Waals surface area (Å²) in [5, 5.41) is 5.92. The van der Waals surface area contributed by atoms with Crippen LogP contribution in [0.4, 0.5) is 10.5 Å². The lowest BCUT2D eigenvalue weighted by Crippen LogP contribution is -2.39. The first kappa shape index (κ1) is 16.3. The van der Waals surface area contributed by atoms with E-state index in [0.717, 1.165) is 17.7 Å². The van der Waals surface area contributed by atoms with Gasteiger partial charge in [-0.05, 0) is 36.5 Å². The average Bonchev–Trinajstić information content (AvgIpc) is 2.84. The minimum absolute atomic E-state index is 0.0197. The van der Waals surface area contributed by atoms with E-state index < -0.39 is 0 Å². The third-order valence-corrected chi connectivity index (χ3v) is 4.32. The zero-order valence-electron chi connectivity index (χ0n) is 13.6. The van der Waals surface area contributed by atoms with Gasteiger partial charge in [-0.25, -0.2) is 4.79 Å². The molecule has 2 rings (SSSR count). The number of nitrogens with one attached hydrogen (secondary N) is 2. The number of hydrogen-bond donors (Lipinski definition) is 2. The van der Waals surface area contributed by atoms with Crippen LogP contribution in [0.25, 0.3) is 0 Å². The lowest BCUT2D eigenvalue weighted by Gasteiger charge is -2.18. The minimum atomic E-state index is -0.157. The van der Waals surface area contributed by atoms with Crippen LogP contribution in [0.1, 0.15) is 38.7 Å². The van der Waals surface area contributed by atoms with Gasteiger partial charge in [-0.3, -0.25) is 4.79 Å². The van der Waals surface area contributed by atoms with Gasteiger partial charge < -0.3 is 15.5 Å². The van der Waals surface area contributed by atoms with E-state index in [1.807, 2.05) is 24.3 Å². The van der Waals surface area contributed by atoms with Gasteiger partial charge in [-0.15, -0.1) is 0 Å². The summed E-state index contributed by atoms with van der Waals surface area (Å²) in [7, 11) is 1.76. The van der Waals surface area contributed by atoms with E-state index in [0.29, 0.717) is 12.5 Å². The average molecular weight is 303 g/mol. The summed E-state index contributed by atoms with van der Waals surface area (Å²) in [5.74, 6) is 0.563. The van der Waals surface area contributed by atoms with Crippen LogP contribution in [-0.2, 0) is 11.3 Å². The van der Waals surface area contributed by atoms with Gasteiger partial charge in [0.25, 0.3) is 0 Å². The largest absolute Gasteiger partial charge is 0.342 e. The molecule has 0 bridgehead atoms. The van der Waals surface area contributed by atoms with Crippen LogP contribution in [0, 0.1) is 5.92 Å². The second kappa shape index (κ2) is 7.29. The molecule has 1 aliphatic carbocycles. The molecule has 0 heterocycles. The quantitative estimate of drug-likeness (QED) is 0.898. The van der Waals surface area contributed by atoms with Crippen LogP contribution in [0.3, 0.4) is 0 Å². The van der Waals surface area contributed by atoms with Crippen LogP contribution in [0.2, 0.25) is 0 Å². The molecule has 120 valence electrons. The highest BCUT2D eigenvalue weighted by molar-refractivity contribution is 5.89. The van der Waals surface area contributed by atoms with Gasteiger partial charge in [0.2, 0.25) is 5.91 Å². The molecule has 22 heavy (non-hydrogen) atoms. The molecule has 0 unspecified atom stereocenters. The molecule has 5 heteroatoms. The third-order valence-electron chi connectivity index (χ3n) is 4.32. The molecule has 0 saturated heterocycles. The van der Waals surface area contributed by atoms with Gasteiger partial charge in [0.1, 0.15) is 0 Å². The normalized spacial score (nSPS) is 20.5. The van der Waals surface area contributed by atoms with Crippen LogP contribution < -0.4 is 10.6 Å². The Hall–Kier alpha value is -2.04. The first-order chi connectivity index (χ1) is 10.5. The van der Waals surface area contributed by atoms with Gasteiger partial charge in [0.15, 0.2) is 0 Å². The molecule has 2 N–H and O–H groups in total. The summed E-state index contributed by atoms with van der Waals surface area (Å²) < 4.78 is 0. The number of benzene rings is 1. The van der Waals surface area contributed by atoms with E-state index in [9.17, 15) is 9.59 Å². The van der Waals surface area contributed by atoms with Crippen LogP contribution in [-0.4, -0.2) is 29.9 Å². The summed E-state index contributed by atoms with van der Waals surface area (Å²) >= 11 is 0. The predicted octanol–water partition coefficient (Wildman–Crippen LogP) is 2.98. The molecule has 1 saturated carbocycles. The van der Waals surface area contributed by atoms with Crippen molar-refractivity contribution in [3.63, 3.8) is 0 Å². The maximum Gasteiger partial charge on any atom is 0.319 e. The summed E-state index contributed by atoms with van der Waals surface area (Å²) in [6.07, 6.45) is 3.41. The van der Waals surface area contributed by atoms with Crippen molar-refractivity contribution in [3.8, 4) is 0 Å². The molecule has 1 aliphatic rings. The van der Waals surface area contributed by atoms with Crippen molar-refractivity contribution in [1.82, 2.24) is 10.2 Å². The Morgan fingerprint density at radius 2 is 2.09 bits per heavy atom.